The van der Waals surface area contributed by atoms with E-state index in [1.54, 1.807) is 0 Å². The molecule has 0 aliphatic rings. The number of hydrogen-bond donors (Lipinski definition) is 1. The van der Waals surface area contributed by atoms with Crippen LogP contribution in [0.2, 0.25) is 0 Å². The fourth-order valence-electron chi connectivity index (χ4n) is 2.07. The van der Waals surface area contributed by atoms with Crippen LogP contribution in [0.3, 0.4) is 0 Å². The molecule has 0 aromatic heterocycles. The van der Waals surface area contributed by atoms with Crippen LogP contribution in [-0.2, 0) is 13.0 Å². The van der Waals surface area contributed by atoms with E-state index in [-0.39, 0.29) is 6.04 Å². The normalized spacial score (nSPS) is 11.9. The monoisotopic (exact) mass is 267 g/mol. The number of ether oxygens (including phenoxy) is 1. The molecule has 1 unspecified atom stereocenters. The minimum atomic E-state index is 0.0294. The van der Waals surface area contributed by atoms with Gasteiger partial charge in [0.25, 0.3) is 0 Å². The molecule has 104 valence electrons. The van der Waals surface area contributed by atoms with Gasteiger partial charge in [0.1, 0.15) is 12.4 Å². The van der Waals surface area contributed by atoms with Crippen molar-refractivity contribution in [3.05, 3.63) is 77.9 Å². The van der Waals surface area contributed by atoms with Gasteiger partial charge >= 0.3 is 0 Å². The first kappa shape index (κ1) is 14.4. The van der Waals surface area contributed by atoms with Crippen LogP contribution in [0.5, 0.6) is 5.75 Å². The van der Waals surface area contributed by atoms with Gasteiger partial charge in [0, 0.05) is 6.04 Å². The third-order valence-corrected chi connectivity index (χ3v) is 3.21. The standard InChI is InChI=1S/C18H21NO/c1-3-7-17-12-16(14(2)19)10-11-18(17)20-13-15-8-5-4-6-9-15/h3-6,8-12,14H,1,7,13,19H2,2H3. The summed E-state index contributed by atoms with van der Waals surface area (Å²) in [6.45, 7) is 6.36. The average molecular weight is 267 g/mol. The molecule has 0 amide bonds. The van der Waals surface area contributed by atoms with Gasteiger partial charge in [-0.25, -0.2) is 0 Å². The van der Waals surface area contributed by atoms with Gasteiger partial charge in [0.15, 0.2) is 0 Å². The van der Waals surface area contributed by atoms with E-state index in [1.165, 1.54) is 0 Å². The van der Waals surface area contributed by atoms with Crippen LogP contribution in [0.15, 0.2) is 61.2 Å². The second-order valence-electron chi connectivity index (χ2n) is 4.92. The molecule has 0 aliphatic heterocycles. The highest BCUT2D eigenvalue weighted by Crippen LogP contribution is 2.24. The highest BCUT2D eigenvalue weighted by Gasteiger charge is 2.07. The maximum absolute atomic E-state index is 5.93. The van der Waals surface area contributed by atoms with E-state index >= 15 is 0 Å². The zero-order valence-corrected chi connectivity index (χ0v) is 11.9. The lowest BCUT2D eigenvalue weighted by Crippen LogP contribution is -2.06. The predicted octanol–water partition coefficient (Wildman–Crippen LogP) is 4.01. The summed E-state index contributed by atoms with van der Waals surface area (Å²) in [7, 11) is 0. The third kappa shape index (κ3) is 3.72. The second kappa shape index (κ2) is 6.92. The molecule has 2 rings (SSSR count). The van der Waals surface area contributed by atoms with Crippen LogP contribution in [0.1, 0.15) is 29.7 Å². The molecule has 0 aliphatic carbocycles. The first-order valence-electron chi connectivity index (χ1n) is 6.86. The van der Waals surface area contributed by atoms with E-state index in [4.69, 9.17) is 10.5 Å². The molecule has 20 heavy (non-hydrogen) atoms. The van der Waals surface area contributed by atoms with Crippen molar-refractivity contribution in [1.29, 1.82) is 0 Å². The van der Waals surface area contributed by atoms with Gasteiger partial charge in [-0.2, -0.15) is 0 Å². The molecule has 2 aromatic rings. The molecule has 2 heteroatoms. The Morgan fingerprint density at radius 1 is 1.20 bits per heavy atom. The Bertz CT molecular complexity index is 561. The SMILES string of the molecule is C=CCc1cc(C(C)N)ccc1OCc1ccccc1. The molecule has 2 aromatic carbocycles. The summed E-state index contributed by atoms with van der Waals surface area (Å²) in [5.41, 5.74) is 9.34. The second-order valence-corrected chi connectivity index (χ2v) is 4.92. The van der Waals surface area contributed by atoms with Crippen molar-refractivity contribution in [3.8, 4) is 5.75 Å². The molecule has 1 atom stereocenters. The molecule has 0 saturated heterocycles. The molecular weight excluding hydrogens is 246 g/mol. The topological polar surface area (TPSA) is 35.2 Å². The van der Waals surface area contributed by atoms with Crippen LogP contribution in [0, 0.1) is 0 Å². The van der Waals surface area contributed by atoms with Crippen LogP contribution in [-0.4, -0.2) is 0 Å². The maximum atomic E-state index is 5.93. The summed E-state index contributed by atoms with van der Waals surface area (Å²) in [4.78, 5) is 0. The van der Waals surface area contributed by atoms with Gasteiger partial charge in [-0.1, -0.05) is 48.5 Å². The first-order valence-corrected chi connectivity index (χ1v) is 6.86. The molecule has 0 bridgehead atoms. The van der Waals surface area contributed by atoms with Crippen molar-refractivity contribution in [2.75, 3.05) is 0 Å². The number of rotatable bonds is 6. The highest BCUT2D eigenvalue weighted by molar-refractivity contribution is 5.39. The zero-order valence-electron chi connectivity index (χ0n) is 11.9. The summed E-state index contributed by atoms with van der Waals surface area (Å²) < 4.78 is 5.92. The van der Waals surface area contributed by atoms with E-state index in [2.05, 4.69) is 24.8 Å². The van der Waals surface area contributed by atoms with Crippen molar-refractivity contribution >= 4 is 0 Å². The number of allylic oxidation sites excluding steroid dienone is 1. The van der Waals surface area contributed by atoms with Crippen molar-refractivity contribution in [3.63, 3.8) is 0 Å². The molecule has 2 nitrogen and oxygen atoms in total. The number of hydrogen-bond acceptors (Lipinski definition) is 2. The lowest BCUT2D eigenvalue weighted by atomic mass is 10.0. The lowest BCUT2D eigenvalue weighted by Gasteiger charge is -2.14. The summed E-state index contributed by atoms with van der Waals surface area (Å²) in [6, 6.07) is 16.3. The number of nitrogens with two attached hydrogens (primary N) is 1. The minimum Gasteiger partial charge on any atom is -0.489 e. The van der Waals surface area contributed by atoms with E-state index in [1.807, 2.05) is 43.3 Å². The van der Waals surface area contributed by atoms with Gasteiger partial charge in [0.2, 0.25) is 0 Å². The molecule has 0 spiro atoms. The molecule has 0 fully saturated rings. The van der Waals surface area contributed by atoms with Crippen LogP contribution < -0.4 is 10.5 Å². The summed E-state index contributed by atoms with van der Waals surface area (Å²) in [5, 5.41) is 0. The molecule has 0 heterocycles. The molecular formula is C18H21NO. The van der Waals surface area contributed by atoms with Crippen molar-refractivity contribution in [2.24, 2.45) is 5.73 Å². The zero-order chi connectivity index (χ0) is 14.4. The van der Waals surface area contributed by atoms with Crippen LogP contribution in [0.25, 0.3) is 0 Å². The Balaban J connectivity index is 2.15. The smallest absolute Gasteiger partial charge is 0.123 e. The van der Waals surface area contributed by atoms with Crippen LogP contribution >= 0.6 is 0 Å². The fraction of sp³-hybridized carbons (Fsp3) is 0.222. The Morgan fingerprint density at radius 2 is 1.95 bits per heavy atom. The Morgan fingerprint density at radius 3 is 2.60 bits per heavy atom. The third-order valence-electron chi connectivity index (χ3n) is 3.21. The lowest BCUT2D eigenvalue weighted by molar-refractivity contribution is 0.303. The first-order chi connectivity index (χ1) is 9.70. The van der Waals surface area contributed by atoms with E-state index < -0.39 is 0 Å². The molecule has 2 N–H and O–H groups in total. The van der Waals surface area contributed by atoms with Crippen molar-refractivity contribution < 1.29 is 4.74 Å². The minimum absolute atomic E-state index is 0.0294. The van der Waals surface area contributed by atoms with Crippen molar-refractivity contribution in [2.45, 2.75) is 26.0 Å². The average Bonchev–Trinajstić information content (AvgIpc) is 2.47. The van der Waals surface area contributed by atoms with E-state index in [9.17, 15) is 0 Å². The number of benzene rings is 2. The highest BCUT2D eigenvalue weighted by atomic mass is 16.5. The predicted molar refractivity (Wildman–Crippen MR) is 83.7 cm³/mol. The summed E-state index contributed by atoms with van der Waals surface area (Å²) in [5.74, 6) is 0.901. The van der Waals surface area contributed by atoms with Gasteiger partial charge in [-0.05, 0) is 36.1 Å². The van der Waals surface area contributed by atoms with Gasteiger partial charge in [0.05, 0.1) is 0 Å². The molecule has 0 radical (unpaired) electrons. The molecule has 0 saturated carbocycles. The van der Waals surface area contributed by atoms with Crippen LogP contribution in [0.4, 0.5) is 0 Å². The van der Waals surface area contributed by atoms with E-state index in [0.717, 1.165) is 28.9 Å². The Labute approximate surface area is 120 Å². The maximum Gasteiger partial charge on any atom is 0.123 e. The Hall–Kier alpha value is -2.06. The fourth-order valence-corrected chi connectivity index (χ4v) is 2.07. The van der Waals surface area contributed by atoms with Gasteiger partial charge < -0.3 is 10.5 Å². The van der Waals surface area contributed by atoms with Gasteiger partial charge in [-0.15, -0.1) is 6.58 Å². The van der Waals surface area contributed by atoms with E-state index in [0.29, 0.717) is 6.61 Å². The summed E-state index contributed by atoms with van der Waals surface area (Å²) in [6.07, 6.45) is 2.67. The van der Waals surface area contributed by atoms with Gasteiger partial charge in [-0.3, -0.25) is 0 Å². The largest absolute Gasteiger partial charge is 0.489 e. The Kier molecular flexibility index (Phi) is 4.97. The summed E-state index contributed by atoms with van der Waals surface area (Å²) >= 11 is 0. The van der Waals surface area contributed by atoms with Crippen molar-refractivity contribution in [1.82, 2.24) is 0 Å². The quantitative estimate of drug-likeness (QED) is 0.802.